The summed E-state index contributed by atoms with van der Waals surface area (Å²) in [7, 11) is 0. The molecule has 0 amide bonds. The SMILES string of the molecule is CC(=O)SCCC=Cc1ccc(Cl)cc1C(=O)O. The Bertz CT molecular complexity index is 483. The second kappa shape index (κ2) is 7.24. The van der Waals surface area contributed by atoms with Crippen LogP contribution in [0, 0.1) is 0 Å². The molecule has 1 aromatic rings. The Morgan fingerprint density at radius 3 is 2.78 bits per heavy atom. The summed E-state index contributed by atoms with van der Waals surface area (Å²) in [4.78, 5) is 21.7. The first kappa shape index (κ1) is 14.8. The number of carboxylic acids is 1. The van der Waals surface area contributed by atoms with Gasteiger partial charge in [0.2, 0.25) is 0 Å². The zero-order valence-corrected chi connectivity index (χ0v) is 11.4. The molecule has 96 valence electrons. The molecule has 3 nitrogen and oxygen atoms in total. The van der Waals surface area contributed by atoms with E-state index in [2.05, 4.69) is 0 Å². The van der Waals surface area contributed by atoms with Gasteiger partial charge in [0.15, 0.2) is 5.12 Å². The Morgan fingerprint density at radius 2 is 2.17 bits per heavy atom. The number of allylic oxidation sites excluding steroid dienone is 1. The van der Waals surface area contributed by atoms with Gasteiger partial charge in [0, 0.05) is 17.7 Å². The number of halogens is 1. The van der Waals surface area contributed by atoms with E-state index >= 15 is 0 Å². The maximum absolute atomic E-state index is 11.0. The van der Waals surface area contributed by atoms with Gasteiger partial charge in [-0.25, -0.2) is 4.79 Å². The molecule has 0 saturated heterocycles. The Hall–Kier alpha value is -1.26. The molecule has 0 fully saturated rings. The minimum atomic E-state index is -1.00. The van der Waals surface area contributed by atoms with Crippen LogP contribution in [0.1, 0.15) is 29.3 Å². The van der Waals surface area contributed by atoms with E-state index in [1.165, 1.54) is 24.8 Å². The fraction of sp³-hybridized carbons (Fsp3) is 0.231. The summed E-state index contributed by atoms with van der Waals surface area (Å²) in [5.74, 6) is -0.308. The van der Waals surface area contributed by atoms with Crippen LogP contribution in [0.25, 0.3) is 6.08 Å². The second-order valence-corrected chi connectivity index (χ2v) is 5.28. The molecule has 0 spiro atoms. The normalized spacial score (nSPS) is 10.8. The Morgan fingerprint density at radius 1 is 1.44 bits per heavy atom. The first-order valence-electron chi connectivity index (χ1n) is 5.33. The van der Waals surface area contributed by atoms with Crippen LogP contribution in [0.5, 0.6) is 0 Å². The van der Waals surface area contributed by atoms with E-state index in [4.69, 9.17) is 16.7 Å². The lowest BCUT2D eigenvalue weighted by Gasteiger charge is -2.01. The molecule has 0 heterocycles. The molecule has 0 bridgehead atoms. The van der Waals surface area contributed by atoms with Crippen molar-refractivity contribution in [3.8, 4) is 0 Å². The number of rotatable bonds is 5. The van der Waals surface area contributed by atoms with Crippen LogP contribution in [-0.2, 0) is 4.79 Å². The van der Waals surface area contributed by atoms with E-state index < -0.39 is 5.97 Å². The standard InChI is InChI=1S/C13H13ClO3S/c1-9(15)18-7-3-2-4-10-5-6-11(14)8-12(10)13(16)17/h2,4-6,8H,3,7H2,1H3,(H,16,17). The lowest BCUT2D eigenvalue weighted by atomic mass is 10.1. The maximum Gasteiger partial charge on any atom is 0.336 e. The first-order valence-corrected chi connectivity index (χ1v) is 6.70. The predicted octanol–water partition coefficient (Wildman–Crippen LogP) is 3.72. The average Bonchev–Trinajstić information content (AvgIpc) is 2.29. The van der Waals surface area contributed by atoms with Gasteiger partial charge in [-0.05, 0) is 24.1 Å². The molecular formula is C13H13ClO3S. The van der Waals surface area contributed by atoms with Crippen molar-refractivity contribution in [1.29, 1.82) is 0 Å². The summed E-state index contributed by atoms with van der Waals surface area (Å²) >= 11 is 7.00. The number of aromatic carboxylic acids is 1. The van der Waals surface area contributed by atoms with Crippen LogP contribution in [0.4, 0.5) is 0 Å². The van der Waals surface area contributed by atoms with Crippen molar-refractivity contribution in [2.24, 2.45) is 0 Å². The molecular weight excluding hydrogens is 272 g/mol. The summed E-state index contributed by atoms with van der Waals surface area (Å²) < 4.78 is 0. The zero-order valence-electron chi connectivity index (χ0n) is 9.85. The van der Waals surface area contributed by atoms with Crippen molar-refractivity contribution in [3.63, 3.8) is 0 Å². The fourth-order valence-electron chi connectivity index (χ4n) is 1.34. The molecule has 0 radical (unpaired) electrons. The van der Waals surface area contributed by atoms with Gasteiger partial charge in [-0.3, -0.25) is 4.79 Å². The highest BCUT2D eigenvalue weighted by Gasteiger charge is 2.08. The molecule has 0 aliphatic heterocycles. The van der Waals surface area contributed by atoms with Crippen LogP contribution < -0.4 is 0 Å². The van der Waals surface area contributed by atoms with Crippen molar-refractivity contribution >= 4 is 40.5 Å². The lowest BCUT2D eigenvalue weighted by Crippen LogP contribution is -1.99. The third-order valence-electron chi connectivity index (χ3n) is 2.13. The molecule has 0 aliphatic carbocycles. The van der Waals surface area contributed by atoms with Gasteiger partial charge in [0.25, 0.3) is 0 Å². The smallest absolute Gasteiger partial charge is 0.336 e. The van der Waals surface area contributed by atoms with Crippen LogP contribution in [0.3, 0.4) is 0 Å². The highest BCUT2D eigenvalue weighted by atomic mass is 35.5. The number of thioether (sulfide) groups is 1. The number of hydrogen-bond donors (Lipinski definition) is 1. The number of benzene rings is 1. The highest BCUT2D eigenvalue weighted by molar-refractivity contribution is 8.13. The number of carboxylic acid groups (broad SMARTS) is 1. The van der Waals surface area contributed by atoms with E-state index in [1.807, 2.05) is 6.08 Å². The van der Waals surface area contributed by atoms with Crippen molar-refractivity contribution < 1.29 is 14.7 Å². The topological polar surface area (TPSA) is 54.4 Å². The number of carbonyl (C=O) groups is 2. The van der Waals surface area contributed by atoms with Gasteiger partial charge < -0.3 is 5.11 Å². The monoisotopic (exact) mass is 284 g/mol. The van der Waals surface area contributed by atoms with Gasteiger partial charge in [-0.2, -0.15) is 0 Å². The van der Waals surface area contributed by atoms with Gasteiger partial charge in [-0.1, -0.05) is 41.6 Å². The highest BCUT2D eigenvalue weighted by Crippen LogP contribution is 2.18. The van der Waals surface area contributed by atoms with Crippen molar-refractivity contribution in [3.05, 3.63) is 40.4 Å². The number of hydrogen-bond acceptors (Lipinski definition) is 3. The Kier molecular flexibility index (Phi) is 5.95. The van der Waals surface area contributed by atoms with Crippen molar-refractivity contribution in [1.82, 2.24) is 0 Å². The lowest BCUT2D eigenvalue weighted by molar-refractivity contribution is -0.109. The second-order valence-electron chi connectivity index (χ2n) is 3.57. The summed E-state index contributed by atoms with van der Waals surface area (Å²) in [6, 6.07) is 4.74. The minimum absolute atomic E-state index is 0.0844. The quantitative estimate of drug-likeness (QED) is 0.837. The molecule has 0 saturated carbocycles. The minimum Gasteiger partial charge on any atom is -0.478 e. The predicted molar refractivity (Wildman–Crippen MR) is 75.2 cm³/mol. The van der Waals surface area contributed by atoms with Gasteiger partial charge in [0.05, 0.1) is 5.56 Å². The van der Waals surface area contributed by atoms with E-state index in [9.17, 15) is 9.59 Å². The van der Waals surface area contributed by atoms with E-state index in [0.29, 0.717) is 22.8 Å². The maximum atomic E-state index is 11.0. The first-order chi connectivity index (χ1) is 8.50. The third kappa shape index (κ3) is 4.94. The van der Waals surface area contributed by atoms with Crippen molar-refractivity contribution in [2.75, 3.05) is 5.75 Å². The van der Waals surface area contributed by atoms with Gasteiger partial charge >= 0.3 is 5.97 Å². The fourth-order valence-corrected chi connectivity index (χ4v) is 2.05. The van der Waals surface area contributed by atoms with Crippen LogP contribution in [0.15, 0.2) is 24.3 Å². The summed E-state index contributed by atoms with van der Waals surface area (Å²) in [6.45, 7) is 1.52. The van der Waals surface area contributed by atoms with E-state index in [1.54, 1.807) is 18.2 Å². The summed E-state index contributed by atoms with van der Waals surface area (Å²) in [5, 5.41) is 9.51. The Balaban J connectivity index is 2.69. The molecule has 5 heteroatoms. The van der Waals surface area contributed by atoms with E-state index in [0.717, 1.165) is 0 Å². The average molecular weight is 285 g/mol. The van der Waals surface area contributed by atoms with Crippen LogP contribution in [0.2, 0.25) is 5.02 Å². The molecule has 0 aromatic heterocycles. The molecule has 1 aromatic carbocycles. The van der Waals surface area contributed by atoms with Crippen LogP contribution >= 0.6 is 23.4 Å². The molecule has 1 N–H and O–H groups in total. The number of carbonyl (C=O) groups excluding carboxylic acids is 1. The van der Waals surface area contributed by atoms with Gasteiger partial charge in [-0.15, -0.1) is 0 Å². The van der Waals surface area contributed by atoms with Crippen LogP contribution in [-0.4, -0.2) is 21.9 Å². The van der Waals surface area contributed by atoms with Gasteiger partial charge in [0.1, 0.15) is 0 Å². The molecule has 1 rings (SSSR count). The summed E-state index contributed by atoms with van der Waals surface area (Å²) in [5.41, 5.74) is 0.790. The Labute approximate surface area is 115 Å². The zero-order chi connectivity index (χ0) is 13.5. The molecule has 0 aliphatic rings. The van der Waals surface area contributed by atoms with E-state index in [-0.39, 0.29) is 10.7 Å². The summed E-state index contributed by atoms with van der Waals surface area (Å²) in [6.07, 6.45) is 4.30. The molecule has 18 heavy (non-hydrogen) atoms. The third-order valence-corrected chi connectivity index (χ3v) is 3.21. The molecule has 0 unspecified atom stereocenters. The van der Waals surface area contributed by atoms with Crippen molar-refractivity contribution in [2.45, 2.75) is 13.3 Å². The largest absolute Gasteiger partial charge is 0.478 e. The molecule has 0 atom stereocenters.